The van der Waals surface area contributed by atoms with E-state index in [2.05, 4.69) is 19.5 Å². The molecule has 138 valence electrons. The average Bonchev–Trinajstić information content (AvgIpc) is 3.04. The minimum atomic E-state index is -0.496. The molecule has 3 aromatic rings. The molecule has 4 rings (SSSR count). The number of nitrogen functional groups attached to an aromatic ring is 1. The first kappa shape index (κ1) is 17.0. The number of nitrogens with zero attached hydrogens (tertiary/aromatic N) is 4. The van der Waals surface area contributed by atoms with Gasteiger partial charge in [-0.25, -0.2) is 4.98 Å². The Hall–Kier alpha value is -2.41. The summed E-state index contributed by atoms with van der Waals surface area (Å²) in [6.07, 6.45) is 7.03. The number of methoxy groups -OCH3 is 1. The van der Waals surface area contributed by atoms with Crippen LogP contribution in [-0.4, -0.2) is 33.2 Å². The number of aromatic nitrogens is 4. The van der Waals surface area contributed by atoms with Gasteiger partial charge in [0.05, 0.1) is 12.1 Å². The Balaban J connectivity index is 2.13. The summed E-state index contributed by atoms with van der Waals surface area (Å²) in [5, 5.41) is 0. The molecule has 0 aromatic carbocycles. The Morgan fingerprint density at radius 1 is 1.15 bits per heavy atom. The maximum absolute atomic E-state index is 6.27. The molecular weight excluding hydrogens is 330 g/mol. The molecule has 1 fully saturated rings. The third kappa shape index (κ3) is 2.41. The molecule has 0 radical (unpaired) electrons. The number of aryl methyl sites for hydroxylation is 1. The summed E-state index contributed by atoms with van der Waals surface area (Å²) in [4.78, 5) is 13.9. The Morgan fingerprint density at radius 2 is 1.92 bits per heavy atom. The fourth-order valence-corrected chi connectivity index (χ4v) is 4.06. The first-order valence-electron chi connectivity index (χ1n) is 9.23. The summed E-state index contributed by atoms with van der Waals surface area (Å²) in [5.74, 6) is 0.394. The summed E-state index contributed by atoms with van der Waals surface area (Å²) in [7, 11) is 1.76. The highest BCUT2D eigenvalue weighted by atomic mass is 16.5. The SMILES string of the molecule is CCOc1nc2c(N)nc3c(C)ccnc3c2n1C1(OC)CCCCC1. The number of nitrogens with two attached hydrogens (primary N) is 1. The molecule has 0 amide bonds. The first-order chi connectivity index (χ1) is 12.6. The van der Waals surface area contributed by atoms with E-state index < -0.39 is 5.72 Å². The second-order valence-corrected chi connectivity index (χ2v) is 6.89. The van der Waals surface area contributed by atoms with E-state index >= 15 is 0 Å². The van der Waals surface area contributed by atoms with Crippen LogP contribution >= 0.6 is 0 Å². The molecule has 0 saturated heterocycles. The molecule has 0 spiro atoms. The summed E-state index contributed by atoms with van der Waals surface area (Å²) in [6.45, 7) is 4.48. The van der Waals surface area contributed by atoms with Gasteiger partial charge in [0.15, 0.2) is 5.82 Å². The number of hydrogen-bond donors (Lipinski definition) is 1. The topological polar surface area (TPSA) is 88.1 Å². The van der Waals surface area contributed by atoms with E-state index in [4.69, 9.17) is 15.2 Å². The highest BCUT2D eigenvalue weighted by Crippen LogP contribution is 2.43. The van der Waals surface area contributed by atoms with Crippen LogP contribution in [0.4, 0.5) is 5.82 Å². The Labute approximate surface area is 152 Å². The van der Waals surface area contributed by atoms with Crippen molar-refractivity contribution in [3.63, 3.8) is 0 Å². The van der Waals surface area contributed by atoms with Gasteiger partial charge in [0.1, 0.15) is 22.3 Å². The average molecular weight is 355 g/mol. The third-order valence-electron chi connectivity index (χ3n) is 5.37. The molecule has 0 bridgehead atoms. The smallest absolute Gasteiger partial charge is 0.299 e. The highest BCUT2D eigenvalue weighted by molar-refractivity contribution is 6.05. The number of ether oxygens (including phenoxy) is 2. The van der Waals surface area contributed by atoms with E-state index in [1.807, 2.05) is 19.9 Å². The number of fused-ring (bicyclic) bond motifs is 3. The van der Waals surface area contributed by atoms with Crippen molar-refractivity contribution in [3.05, 3.63) is 17.8 Å². The first-order valence-corrected chi connectivity index (χ1v) is 9.23. The Bertz CT molecular complexity index is 960. The van der Waals surface area contributed by atoms with Crippen molar-refractivity contribution in [1.82, 2.24) is 19.5 Å². The van der Waals surface area contributed by atoms with Crippen LogP contribution in [0, 0.1) is 6.92 Å². The van der Waals surface area contributed by atoms with Crippen molar-refractivity contribution in [1.29, 1.82) is 0 Å². The molecule has 7 nitrogen and oxygen atoms in total. The van der Waals surface area contributed by atoms with E-state index in [-0.39, 0.29) is 0 Å². The van der Waals surface area contributed by atoms with Crippen molar-refractivity contribution in [2.45, 2.75) is 51.7 Å². The molecule has 1 aliphatic rings. The van der Waals surface area contributed by atoms with Crippen LogP contribution in [0.15, 0.2) is 12.3 Å². The van der Waals surface area contributed by atoms with E-state index in [0.717, 1.165) is 47.8 Å². The second-order valence-electron chi connectivity index (χ2n) is 6.89. The number of hydrogen-bond acceptors (Lipinski definition) is 6. The summed E-state index contributed by atoms with van der Waals surface area (Å²) < 4.78 is 14.1. The molecular formula is C19H25N5O2. The molecule has 0 unspecified atom stereocenters. The van der Waals surface area contributed by atoms with Crippen molar-refractivity contribution in [3.8, 4) is 6.01 Å². The molecule has 1 saturated carbocycles. The predicted octanol–water partition coefficient (Wildman–Crippen LogP) is 3.53. The zero-order valence-electron chi connectivity index (χ0n) is 15.6. The summed E-state index contributed by atoms with van der Waals surface area (Å²) in [5.41, 5.74) is 9.87. The quantitative estimate of drug-likeness (QED) is 0.770. The Morgan fingerprint density at radius 3 is 2.62 bits per heavy atom. The lowest BCUT2D eigenvalue weighted by atomic mass is 9.91. The summed E-state index contributed by atoms with van der Waals surface area (Å²) >= 11 is 0. The number of anilines is 1. The molecule has 0 atom stereocenters. The number of imidazole rings is 1. The van der Waals surface area contributed by atoms with Crippen LogP contribution in [0.1, 0.15) is 44.6 Å². The zero-order chi connectivity index (χ0) is 18.3. The van der Waals surface area contributed by atoms with Gasteiger partial charge in [-0.15, -0.1) is 0 Å². The van der Waals surface area contributed by atoms with Gasteiger partial charge < -0.3 is 15.2 Å². The monoisotopic (exact) mass is 355 g/mol. The Kier molecular flexibility index (Phi) is 4.19. The second kappa shape index (κ2) is 6.39. The third-order valence-corrected chi connectivity index (χ3v) is 5.37. The van der Waals surface area contributed by atoms with Gasteiger partial charge in [-0.2, -0.15) is 4.98 Å². The van der Waals surface area contributed by atoms with Crippen LogP contribution in [0.3, 0.4) is 0 Å². The minimum Gasteiger partial charge on any atom is -0.465 e. The largest absolute Gasteiger partial charge is 0.465 e. The van der Waals surface area contributed by atoms with Crippen molar-refractivity contribution in [2.75, 3.05) is 19.5 Å². The molecule has 2 N–H and O–H groups in total. The van der Waals surface area contributed by atoms with Gasteiger partial charge in [0, 0.05) is 13.3 Å². The van der Waals surface area contributed by atoms with E-state index in [0.29, 0.717) is 24.0 Å². The van der Waals surface area contributed by atoms with Gasteiger partial charge in [-0.05, 0) is 51.2 Å². The maximum Gasteiger partial charge on any atom is 0.299 e. The normalized spacial score (nSPS) is 17.0. The van der Waals surface area contributed by atoms with Crippen molar-refractivity contribution >= 4 is 27.9 Å². The van der Waals surface area contributed by atoms with Crippen LogP contribution in [0.5, 0.6) is 6.01 Å². The number of rotatable bonds is 4. The maximum atomic E-state index is 6.27. The molecule has 3 aromatic heterocycles. The lowest BCUT2D eigenvalue weighted by molar-refractivity contribution is -0.106. The van der Waals surface area contributed by atoms with E-state index in [1.54, 1.807) is 13.3 Å². The van der Waals surface area contributed by atoms with Crippen molar-refractivity contribution in [2.24, 2.45) is 0 Å². The van der Waals surface area contributed by atoms with Gasteiger partial charge in [0.25, 0.3) is 6.01 Å². The zero-order valence-corrected chi connectivity index (χ0v) is 15.6. The molecule has 1 aliphatic carbocycles. The standard InChI is InChI=1S/C19H25N5O2/c1-4-26-18-23-15-16(24(18)19(25-3)9-6-5-7-10-19)14-13(22-17(15)20)12(2)8-11-21-14/h8,11H,4-7,9-10H2,1-3H3,(H2,20,22). The molecule has 26 heavy (non-hydrogen) atoms. The number of pyridine rings is 2. The molecule has 0 aliphatic heterocycles. The van der Waals surface area contributed by atoms with Gasteiger partial charge in [-0.3, -0.25) is 9.55 Å². The minimum absolute atomic E-state index is 0.394. The lowest BCUT2D eigenvalue weighted by Crippen LogP contribution is -2.38. The van der Waals surface area contributed by atoms with Crippen LogP contribution < -0.4 is 10.5 Å². The lowest BCUT2D eigenvalue weighted by Gasteiger charge is -2.38. The van der Waals surface area contributed by atoms with Crippen LogP contribution in [0.2, 0.25) is 0 Å². The van der Waals surface area contributed by atoms with E-state index in [1.165, 1.54) is 6.42 Å². The predicted molar refractivity (Wildman–Crippen MR) is 101 cm³/mol. The molecule has 7 heteroatoms. The summed E-state index contributed by atoms with van der Waals surface area (Å²) in [6, 6.07) is 2.47. The van der Waals surface area contributed by atoms with Gasteiger partial charge in [0.2, 0.25) is 0 Å². The van der Waals surface area contributed by atoms with Gasteiger partial charge >= 0.3 is 0 Å². The fraction of sp³-hybridized carbons (Fsp3) is 0.526. The molecule has 3 heterocycles. The van der Waals surface area contributed by atoms with Crippen LogP contribution in [0.25, 0.3) is 22.1 Å². The van der Waals surface area contributed by atoms with Crippen LogP contribution in [-0.2, 0) is 10.5 Å². The fourth-order valence-electron chi connectivity index (χ4n) is 4.06. The highest BCUT2D eigenvalue weighted by Gasteiger charge is 2.39. The van der Waals surface area contributed by atoms with Crippen molar-refractivity contribution < 1.29 is 9.47 Å². The van der Waals surface area contributed by atoms with E-state index in [9.17, 15) is 0 Å². The van der Waals surface area contributed by atoms with Gasteiger partial charge in [-0.1, -0.05) is 6.42 Å².